The van der Waals surface area contributed by atoms with Crippen molar-refractivity contribution in [3.8, 4) is 11.3 Å². The minimum atomic E-state index is -0.616. The maximum atomic E-state index is 13.6. The van der Waals surface area contributed by atoms with Crippen LogP contribution in [0.5, 0.6) is 0 Å². The Labute approximate surface area is 117 Å². The van der Waals surface area contributed by atoms with Gasteiger partial charge in [0, 0.05) is 50.4 Å². The van der Waals surface area contributed by atoms with Crippen molar-refractivity contribution in [2.45, 2.75) is 25.8 Å². The molecule has 2 nitrogen and oxygen atoms in total. The van der Waals surface area contributed by atoms with E-state index in [9.17, 15) is 8.78 Å². The van der Waals surface area contributed by atoms with Gasteiger partial charge in [-0.2, -0.15) is 0 Å². The fourth-order valence-corrected chi connectivity index (χ4v) is 2.17. The summed E-state index contributed by atoms with van der Waals surface area (Å²) in [4.78, 5) is 4.38. The number of aryl methyl sites for hydroxylation is 2. The second-order valence-electron chi connectivity index (χ2n) is 4.23. The monoisotopic (exact) mass is 426 g/mol. The molecule has 1 aromatic carbocycles. The van der Waals surface area contributed by atoms with E-state index in [1.165, 1.54) is 0 Å². The SMILES string of the molecule is Fc1c[c-]c(-c2cn3c(n2)CCCC3)c(F)c1.[Ir]. The van der Waals surface area contributed by atoms with Crippen molar-refractivity contribution in [1.29, 1.82) is 0 Å². The first-order chi connectivity index (χ1) is 8.24. The van der Waals surface area contributed by atoms with Gasteiger partial charge in [0.1, 0.15) is 0 Å². The molecule has 0 unspecified atom stereocenters. The standard InChI is InChI=1S/C13H11F2N2.Ir/c14-9-4-5-10(11(15)7-9)12-8-17-6-2-1-3-13(17)16-12;/h4,7-8H,1-3,6H2;/q-1;. The molecule has 1 radical (unpaired) electrons. The van der Waals surface area contributed by atoms with Crippen LogP contribution >= 0.6 is 0 Å². The Morgan fingerprint density at radius 2 is 2.11 bits per heavy atom. The van der Waals surface area contributed by atoms with Crippen LogP contribution in [0, 0.1) is 17.7 Å². The summed E-state index contributed by atoms with van der Waals surface area (Å²) in [5.74, 6) is -0.251. The van der Waals surface area contributed by atoms with E-state index in [0.717, 1.165) is 43.8 Å². The van der Waals surface area contributed by atoms with Crippen LogP contribution in [0.15, 0.2) is 18.3 Å². The molecule has 0 N–H and O–H groups in total. The molecular weight excluding hydrogens is 414 g/mol. The quantitative estimate of drug-likeness (QED) is 0.643. The predicted octanol–water partition coefficient (Wildman–Crippen LogP) is 2.96. The van der Waals surface area contributed by atoms with Gasteiger partial charge in [-0.3, -0.25) is 13.8 Å². The molecule has 5 heteroatoms. The van der Waals surface area contributed by atoms with Crippen LogP contribution in [0.25, 0.3) is 11.3 Å². The molecule has 0 bridgehead atoms. The summed E-state index contributed by atoms with van der Waals surface area (Å²) in [6, 6.07) is 4.61. The van der Waals surface area contributed by atoms with E-state index in [2.05, 4.69) is 11.1 Å². The summed E-state index contributed by atoms with van der Waals surface area (Å²) >= 11 is 0. The molecule has 0 fully saturated rings. The zero-order valence-corrected chi connectivity index (χ0v) is 11.9. The first-order valence-corrected chi connectivity index (χ1v) is 5.67. The average Bonchev–Trinajstić information content (AvgIpc) is 2.72. The third-order valence-corrected chi connectivity index (χ3v) is 3.02. The minimum absolute atomic E-state index is 0. The number of nitrogens with zero attached hydrogens (tertiary/aromatic N) is 2. The fourth-order valence-electron chi connectivity index (χ4n) is 2.17. The second kappa shape index (κ2) is 5.29. The Balaban J connectivity index is 0.00000120. The van der Waals surface area contributed by atoms with E-state index in [1.54, 1.807) is 0 Å². The molecule has 3 rings (SSSR count). The van der Waals surface area contributed by atoms with Crippen molar-refractivity contribution in [1.82, 2.24) is 9.55 Å². The van der Waals surface area contributed by atoms with E-state index in [4.69, 9.17) is 0 Å². The van der Waals surface area contributed by atoms with E-state index in [1.807, 2.05) is 10.8 Å². The number of aromatic nitrogens is 2. The van der Waals surface area contributed by atoms with Gasteiger partial charge in [-0.15, -0.1) is 12.1 Å². The van der Waals surface area contributed by atoms with Crippen molar-refractivity contribution < 1.29 is 28.9 Å². The summed E-state index contributed by atoms with van der Waals surface area (Å²) < 4.78 is 28.4. The topological polar surface area (TPSA) is 17.8 Å². The summed E-state index contributed by atoms with van der Waals surface area (Å²) in [5, 5.41) is 0. The van der Waals surface area contributed by atoms with Gasteiger partial charge < -0.3 is 4.57 Å². The molecule has 2 heterocycles. The summed E-state index contributed by atoms with van der Waals surface area (Å²) in [6.45, 7) is 0.922. The molecule has 0 saturated carbocycles. The maximum Gasteiger partial charge on any atom is 0.0978 e. The largest absolute Gasteiger partial charge is 0.344 e. The molecule has 0 saturated heterocycles. The molecule has 18 heavy (non-hydrogen) atoms. The Hall–Kier alpha value is -1.06. The van der Waals surface area contributed by atoms with Crippen LogP contribution in [0.4, 0.5) is 8.78 Å². The van der Waals surface area contributed by atoms with Gasteiger partial charge in [0.15, 0.2) is 0 Å². The number of benzene rings is 1. The van der Waals surface area contributed by atoms with Gasteiger partial charge in [0.25, 0.3) is 0 Å². The normalized spacial score (nSPS) is 13.9. The number of fused-ring (bicyclic) bond motifs is 1. The molecule has 97 valence electrons. The Morgan fingerprint density at radius 3 is 2.83 bits per heavy atom. The summed E-state index contributed by atoms with van der Waals surface area (Å²) in [6.07, 6.45) is 4.98. The molecule has 0 aliphatic carbocycles. The van der Waals surface area contributed by atoms with Gasteiger partial charge in [0.05, 0.1) is 5.82 Å². The van der Waals surface area contributed by atoms with Crippen LogP contribution in [0.3, 0.4) is 0 Å². The zero-order valence-electron chi connectivity index (χ0n) is 9.54. The van der Waals surface area contributed by atoms with E-state index in [0.29, 0.717) is 5.69 Å². The van der Waals surface area contributed by atoms with Crippen molar-refractivity contribution in [3.63, 3.8) is 0 Å². The smallest absolute Gasteiger partial charge is 0.0978 e. The third-order valence-electron chi connectivity index (χ3n) is 3.02. The van der Waals surface area contributed by atoms with E-state index < -0.39 is 11.6 Å². The number of hydrogen-bond acceptors (Lipinski definition) is 1. The molecule has 2 aromatic rings. The maximum absolute atomic E-state index is 13.6. The van der Waals surface area contributed by atoms with Gasteiger partial charge in [0.2, 0.25) is 0 Å². The Bertz CT molecular complexity index is 543. The molecule has 0 amide bonds. The number of imidazole rings is 1. The number of rotatable bonds is 1. The number of halogens is 2. The predicted molar refractivity (Wildman–Crippen MR) is 59.4 cm³/mol. The van der Waals surface area contributed by atoms with Crippen molar-refractivity contribution in [3.05, 3.63) is 41.9 Å². The van der Waals surface area contributed by atoms with Gasteiger partial charge in [-0.05, 0) is 19.0 Å². The molecule has 1 aliphatic heterocycles. The third kappa shape index (κ3) is 2.38. The Kier molecular flexibility index (Phi) is 3.93. The summed E-state index contributed by atoms with van der Waals surface area (Å²) in [7, 11) is 0. The molecule has 0 atom stereocenters. The minimum Gasteiger partial charge on any atom is -0.344 e. The molecule has 0 spiro atoms. The molecule has 1 aliphatic rings. The second-order valence-corrected chi connectivity index (χ2v) is 4.23. The van der Waals surface area contributed by atoms with Crippen LogP contribution in [0.2, 0.25) is 0 Å². The Morgan fingerprint density at radius 1 is 1.28 bits per heavy atom. The van der Waals surface area contributed by atoms with Gasteiger partial charge in [-0.1, -0.05) is 11.6 Å². The average molecular weight is 425 g/mol. The van der Waals surface area contributed by atoms with Crippen LogP contribution in [-0.4, -0.2) is 9.55 Å². The number of hydrogen-bond donors (Lipinski definition) is 0. The van der Waals surface area contributed by atoms with E-state index in [-0.39, 0.29) is 25.7 Å². The van der Waals surface area contributed by atoms with Gasteiger partial charge >= 0.3 is 0 Å². The van der Waals surface area contributed by atoms with Crippen molar-refractivity contribution in [2.24, 2.45) is 0 Å². The van der Waals surface area contributed by atoms with Crippen molar-refractivity contribution in [2.75, 3.05) is 0 Å². The zero-order chi connectivity index (χ0) is 11.8. The first kappa shape index (κ1) is 13.4. The van der Waals surface area contributed by atoms with Gasteiger partial charge in [-0.25, -0.2) is 0 Å². The van der Waals surface area contributed by atoms with Crippen LogP contribution in [0.1, 0.15) is 18.7 Å². The van der Waals surface area contributed by atoms with Crippen LogP contribution < -0.4 is 0 Å². The van der Waals surface area contributed by atoms with Crippen LogP contribution in [-0.2, 0) is 33.1 Å². The first-order valence-electron chi connectivity index (χ1n) is 5.67. The molecule has 1 aromatic heterocycles. The fraction of sp³-hybridized carbons (Fsp3) is 0.308. The van der Waals surface area contributed by atoms with Crippen molar-refractivity contribution >= 4 is 0 Å². The van der Waals surface area contributed by atoms with E-state index >= 15 is 0 Å². The molecular formula is C13H11F2IrN2-. The summed E-state index contributed by atoms with van der Waals surface area (Å²) in [5.41, 5.74) is 0.785.